The first-order valence-corrected chi connectivity index (χ1v) is 13.8. The molecule has 1 aromatic carbocycles. The number of carbonyl (C=O) groups excluding carboxylic acids is 2. The molecule has 1 aliphatic heterocycles. The van der Waals surface area contributed by atoms with Crippen LogP contribution in [0.2, 0.25) is 0 Å². The molecule has 2 aliphatic rings. The smallest absolute Gasteiger partial charge is 0.292 e. The molecule has 1 aliphatic carbocycles. The Morgan fingerprint density at radius 3 is 2.67 bits per heavy atom. The van der Waals surface area contributed by atoms with Crippen molar-refractivity contribution in [3.8, 4) is 0 Å². The number of sulfone groups is 1. The van der Waals surface area contributed by atoms with Gasteiger partial charge in [0.25, 0.3) is 11.8 Å². The first-order chi connectivity index (χ1) is 15.7. The summed E-state index contributed by atoms with van der Waals surface area (Å²) < 4.78 is 29.5. The minimum absolute atomic E-state index is 0.0397. The standard InChI is InChI=1S/C24H26N2O5S2/c1-13-7-8-17-19(11-13)32-24(20(17)22(27)25-15-9-10-33(29,30)12-15)26-23(28)21-14(2)16-5-3-4-6-18(16)31-21/h3-6,13,15H,7-12H2,1-2H3,(H,25,27)(H,26,28). The van der Waals surface area contributed by atoms with Crippen molar-refractivity contribution in [3.63, 3.8) is 0 Å². The lowest BCUT2D eigenvalue weighted by molar-refractivity contribution is 0.0941. The van der Waals surface area contributed by atoms with Crippen molar-refractivity contribution in [2.75, 3.05) is 16.8 Å². The molecule has 1 saturated heterocycles. The van der Waals surface area contributed by atoms with Crippen LogP contribution in [0.5, 0.6) is 0 Å². The maximum Gasteiger partial charge on any atom is 0.292 e. The van der Waals surface area contributed by atoms with E-state index >= 15 is 0 Å². The first kappa shape index (κ1) is 22.2. The molecular weight excluding hydrogens is 460 g/mol. The molecule has 7 nitrogen and oxygen atoms in total. The fraction of sp³-hybridized carbons (Fsp3) is 0.417. The van der Waals surface area contributed by atoms with Crippen LogP contribution in [0, 0.1) is 12.8 Å². The summed E-state index contributed by atoms with van der Waals surface area (Å²) in [5.41, 5.74) is 2.82. The molecule has 0 bridgehead atoms. The summed E-state index contributed by atoms with van der Waals surface area (Å²) in [6.07, 6.45) is 3.01. The number of hydrogen-bond acceptors (Lipinski definition) is 6. The van der Waals surface area contributed by atoms with Crippen molar-refractivity contribution < 1.29 is 22.4 Å². The molecule has 174 valence electrons. The predicted molar refractivity (Wildman–Crippen MR) is 129 cm³/mol. The van der Waals surface area contributed by atoms with Gasteiger partial charge in [0, 0.05) is 21.9 Å². The van der Waals surface area contributed by atoms with E-state index in [2.05, 4.69) is 17.6 Å². The number of aryl methyl sites for hydroxylation is 1. The maximum absolute atomic E-state index is 13.3. The molecule has 0 spiro atoms. The largest absolute Gasteiger partial charge is 0.451 e. The van der Waals surface area contributed by atoms with E-state index < -0.39 is 21.8 Å². The molecule has 33 heavy (non-hydrogen) atoms. The Hall–Kier alpha value is -2.65. The molecule has 2 atom stereocenters. The Morgan fingerprint density at radius 1 is 1.15 bits per heavy atom. The second-order valence-corrected chi connectivity index (χ2v) is 12.5. The van der Waals surface area contributed by atoms with Gasteiger partial charge in [-0.2, -0.15) is 0 Å². The summed E-state index contributed by atoms with van der Waals surface area (Å²) in [6, 6.07) is 7.07. The van der Waals surface area contributed by atoms with E-state index in [0.29, 0.717) is 28.5 Å². The zero-order chi connectivity index (χ0) is 23.3. The summed E-state index contributed by atoms with van der Waals surface area (Å²) in [7, 11) is -3.11. The van der Waals surface area contributed by atoms with E-state index in [-0.39, 0.29) is 23.2 Å². The van der Waals surface area contributed by atoms with E-state index in [4.69, 9.17) is 4.42 Å². The van der Waals surface area contributed by atoms with Gasteiger partial charge in [-0.25, -0.2) is 8.42 Å². The Balaban J connectivity index is 1.47. The van der Waals surface area contributed by atoms with E-state index in [1.54, 1.807) is 0 Å². The van der Waals surface area contributed by atoms with Crippen LogP contribution in [0.3, 0.4) is 0 Å². The zero-order valence-corrected chi connectivity index (χ0v) is 20.2. The number of benzene rings is 1. The number of nitrogens with one attached hydrogen (secondary N) is 2. The minimum Gasteiger partial charge on any atom is -0.451 e. The average Bonchev–Trinajstić information content (AvgIpc) is 3.40. The van der Waals surface area contributed by atoms with Crippen molar-refractivity contribution >= 4 is 49.0 Å². The van der Waals surface area contributed by atoms with Crippen LogP contribution in [0.15, 0.2) is 28.7 Å². The van der Waals surface area contributed by atoms with Gasteiger partial charge in [0.2, 0.25) is 0 Å². The number of fused-ring (bicyclic) bond motifs is 2. The van der Waals surface area contributed by atoms with Crippen molar-refractivity contribution in [3.05, 3.63) is 51.6 Å². The Labute approximate surface area is 196 Å². The van der Waals surface area contributed by atoms with Gasteiger partial charge in [-0.05, 0) is 50.2 Å². The van der Waals surface area contributed by atoms with E-state index in [9.17, 15) is 18.0 Å². The highest BCUT2D eigenvalue weighted by Crippen LogP contribution is 2.40. The van der Waals surface area contributed by atoms with Gasteiger partial charge in [-0.3, -0.25) is 9.59 Å². The molecule has 9 heteroatoms. The molecular formula is C24H26N2O5S2. The lowest BCUT2D eigenvalue weighted by Crippen LogP contribution is -2.36. The number of para-hydroxylation sites is 1. The maximum atomic E-state index is 13.3. The Bertz CT molecular complexity index is 1370. The van der Waals surface area contributed by atoms with E-state index in [0.717, 1.165) is 40.7 Å². The highest BCUT2D eigenvalue weighted by atomic mass is 32.2. The van der Waals surface area contributed by atoms with Crippen LogP contribution in [0.25, 0.3) is 11.0 Å². The predicted octanol–water partition coefficient (Wildman–Crippen LogP) is 4.10. The SMILES string of the molecule is Cc1c(C(=O)Nc2sc3c(c2C(=O)NC2CCS(=O)(=O)C2)CCC(C)C3)oc2ccccc12. The second kappa shape index (κ2) is 8.29. The van der Waals surface area contributed by atoms with Crippen molar-refractivity contribution in [2.24, 2.45) is 5.92 Å². The molecule has 3 heterocycles. The van der Waals surface area contributed by atoms with Crippen molar-refractivity contribution in [1.82, 2.24) is 5.32 Å². The summed E-state index contributed by atoms with van der Waals surface area (Å²) in [5, 5.41) is 7.20. The van der Waals surface area contributed by atoms with E-state index in [1.807, 2.05) is 31.2 Å². The average molecular weight is 487 g/mol. The zero-order valence-electron chi connectivity index (χ0n) is 18.6. The number of thiophene rings is 1. The number of carbonyl (C=O) groups is 2. The minimum atomic E-state index is -3.11. The molecule has 2 N–H and O–H groups in total. The highest BCUT2D eigenvalue weighted by Gasteiger charge is 2.33. The molecule has 2 amide bonds. The molecule has 2 aromatic heterocycles. The third-order valence-corrected chi connectivity index (χ3v) is 9.52. The summed E-state index contributed by atoms with van der Waals surface area (Å²) >= 11 is 1.43. The van der Waals surface area contributed by atoms with Gasteiger partial charge in [-0.15, -0.1) is 11.3 Å². The normalized spacial score (nSPS) is 21.6. The highest BCUT2D eigenvalue weighted by molar-refractivity contribution is 7.91. The van der Waals surface area contributed by atoms with Gasteiger partial charge in [-0.1, -0.05) is 25.1 Å². The number of rotatable bonds is 4. The Morgan fingerprint density at radius 2 is 1.94 bits per heavy atom. The topological polar surface area (TPSA) is 105 Å². The molecule has 0 radical (unpaired) electrons. The van der Waals surface area contributed by atoms with Gasteiger partial charge < -0.3 is 15.1 Å². The third kappa shape index (κ3) is 4.19. The van der Waals surface area contributed by atoms with Gasteiger partial charge in [0.05, 0.1) is 17.1 Å². The quantitative estimate of drug-likeness (QED) is 0.578. The molecule has 1 fully saturated rings. The van der Waals surface area contributed by atoms with Gasteiger partial charge in [0.1, 0.15) is 10.6 Å². The van der Waals surface area contributed by atoms with Crippen LogP contribution >= 0.6 is 11.3 Å². The van der Waals surface area contributed by atoms with Crippen LogP contribution in [0.4, 0.5) is 5.00 Å². The summed E-state index contributed by atoms with van der Waals surface area (Å²) in [6.45, 7) is 4.03. The van der Waals surface area contributed by atoms with Gasteiger partial charge >= 0.3 is 0 Å². The number of amides is 2. The van der Waals surface area contributed by atoms with Crippen molar-refractivity contribution in [2.45, 2.75) is 45.6 Å². The van der Waals surface area contributed by atoms with Crippen LogP contribution < -0.4 is 10.6 Å². The summed E-state index contributed by atoms with van der Waals surface area (Å²) in [4.78, 5) is 27.6. The summed E-state index contributed by atoms with van der Waals surface area (Å²) in [5.74, 6) is 0.0692. The fourth-order valence-electron chi connectivity index (χ4n) is 4.80. The molecule has 3 aromatic rings. The van der Waals surface area contributed by atoms with Crippen molar-refractivity contribution in [1.29, 1.82) is 0 Å². The second-order valence-electron chi connectivity index (χ2n) is 9.14. The van der Waals surface area contributed by atoms with Crippen LogP contribution in [0.1, 0.15) is 56.7 Å². The Kier molecular flexibility index (Phi) is 5.56. The number of anilines is 1. The number of hydrogen-bond donors (Lipinski definition) is 2. The molecule has 5 rings (SSSR count). The molecule has 2 unspecified atom stereocenters. The third-order valence-electron chi connectivity index (χ3n) is 6.58. The lowest BCUT2D eigenvalue weighted by atomic mass is 9.88. The lowest BCUT2D eigenvalue weighted by Gasteiger charge is -2.19. The molecule has 0 saturated carbocycles. The first-order valence-electron chi connectivity index (χ1n) is 11.2. The van der Waals surface area contributed by atoms with Crippen LogP contribution in [-0.2, 0) is 22.7 Å². The fourth-order valence-corrected chi connectivity index (χ4v) is 7.87. The van der Waals surface area contributed by atoms with Crippen LogP contribution in [-0.4, -0.2) is 37.8 Å². The number of furan rings is 1. The van der Waals surface area contributed by atoms with Gasteiger partial charge in [0.15, 0.2) is 15.6 Å². The van der Waals surface area contributed by atoms with E-state index in [1.165, 1.54) is 11.3 Å². The monoisotopic (exact) mass is 486 g/mol.